The molecule has 0 radical (unpaired) electrons. The van der Waals surface area contributed by atoms with Crippen LogP contribution in [0.1, 0.15) is 39.3 Å². The maximum atomic E-state index is 12.9. The van der Waals surface area contributed by atoms with E-state index in [1.165, 1.54) is 0 Å². The van der Waals surface area contributed by atoms with Crippen LogP contribution in [-0.2, 0) is 0 Å². The van der Waals surface area contributed by atoms with Crippen molar-refractivity contribution in [1.82, 2.24) is 4.90 Å². The standard InChI is InChI=1S/C21H20N2O3/c1-14-8-2-3-9-15(14)20(24)22-18-16-10-4-5-11-17(16)26-19(18)21(25)23-12-6-7-13-23/h2-5,8-11H,6-7,12-13H2,1H3,(H,22,24). The van der Waals surface area contributed by atoms with Gasteiger partial charge in [0, 0.05) is 24.0 Å². The number of anilines is 1. The van der Waals surface area contributed by atoms with Crippen molar-refractivity contribution in [3.8, 4) is 0 Å². The molecule has 0 bridgehead atoms. The van der Waals surface area contributed by atoms with Gasteiger partial charge < -0.3 is 14.6 Å². The van der Waals surface area contributed by atoms with E-state index in [0.29, 0.717) is 16.8 Å². The van der Waals surface area contributed by atoms with Crippen LogP contribution in [0.4, 0.5) is 5.69 Å². The summed E-state index contributed by atoms with van der Waals surface area (Å²) in [5.74, 6) is -0.209. The first-order valence-electron chi connectivity index (χ1n) is 8.83. The van der Waals surface area contributed by atoms with Crippen LogP contribution in [0, 0.1) is 6.92 Å². The van der Waals surface area contributed by atoms with Crippen molar-refractivity contribution < 1.29 is 14.0 Å². The van der Waals surface area contributed by atoms with Crippen molar-refractivity contribution in [2.24, 2.45) is 0 Å². The molecule has 0 saturated carbocycles. The molecule has 26 heavy (non-hydrogen) atoms. The molecule has 2 heterocycles. The second-order valence-corrected chi connectivity index (χ2v) is 6.57. The first-order valence-corrected chi connectivity index (χ1v) is 8.83. The number of hydrogen-bond acceptors (Lipinski definition) is 3. The van der Waals surface area contributed by atoms with Gasteiger partial charge in [0.2, 0.25) is 5.76 Å². The number of carbonyl (C=O) groups is 2. The Labute approximate surface area is 151 Å². The summed E-state index contributed by atoms with van der Waals surface area (Å²) >= 11 is 0. The second-order valence-electron chi connectivity index (χ2n) is 6.57. The third kappa shape index (κ3) is 2.86. The minimum absolute atomic E-state index is 0.168. The summed E-state index contributed by atoms with van der Waals surface area (Å²) in [5, 5.41) is 3.65. The maximum absolute atomic E-state index is 12.9. The van der Waals surface area contributed by atoms with Crippen LogP contribution in [0.25, 0.3) is 11.0 Å². The number of nitrogens with zero attached hydrogens (tertiary/aromatic N) is 1. The number of aryl methyl sites for hydroxylation is 1. The Morgan fingerprint density at radius 3 is 2.46 bits per heavy atom. The topological polar surface area (TPSA) is 62.6 Å². The van der Waals surface area contributed by atoms with Gasteiger partial charge in [-0.1, -0.05) is 30.3 Å². The second kappa shape index (κ2) is 6.67. The Hall–Kier alpha value is -3.08. The number of amides is 2. The largest absolute Gasteiger partial charge is 0.449 e. The van der Waals surface area contributed by atoms with Gasteiger partial charge >= 0.3 is 0 Å². The van der Waals surface area contributed by atoms with Gasteiger partial charge in [0.1, 0.15) is 11.3 Å². The SMILES string of the molecule is Cc1ccccc1C(=O)Nc1c(C(=O)N2CCCC2)oc2ccccc12. The molecule has 1 saturated heterocycles. The molecule has 1 aliphatic rings. The Morgan fingerprint density at radius 1 is 1.00 bits per heavy atom. The molecule has 1 aromatic heterocycles. The van der Waals surface area contributed by atoms with Crippen molar-refractivity contribution in [2.75, 3.05) is 18.4 Å². The van der Waals surface area contributed by atoms with Gasteiger partial charge in [-0.2, -0.15) is 0 Å². The third-order valence-electron chi connectivity index (χ3n) is 4.81. The van der Waals surface area contributed by atoms with E-state index in [4.69, 9.17) is 4.42 Å². The Kier molecular flexibility index (Phi) is 4.21. The molecule has 5 nitrogen and oxygen atoms in total. The lowest BCUT2D eigenvalue weighted by Gasteiger charge is -2.15. The molecular formula is C21H20N2O3. The number of rotatable bonds is 3. The van der Waals surface area contributed by atoms with Gasteiger partial charge in [0.05, 0.1) is 0 Å². The van der Waals surface area contributed by atoms with Crippen LogP contribution < -0.4 is 5.32 Å². The lowest BCUT2D eigenvalue weighted by Crippen LogP contribution is -2.28. The number of carbonyl (C=O) groups excluding carboxylic acids is 2. The van der Waals surface area contributed by atoms with Crippen molar-refractivity contribution in [3.63, 3.8) is 0 Å². The van der Waals surface area contributed by atoms with Gasteiger partial charge in [0.25, 0.3) is 11.8 Å². The monoisotopic (exact) mass is 348 g/mol. The molecule has 4 rings (SSSR count). The predicted molar refractivity (Wildman–Crippen MR) is 100 cm³/mol. The average Bonchev–Trinajstić information content (AvgIpc) is 3.30. The van der Waals surface area contributed by atoms with E-state index in [0.717, 1.165) is 36.9 Å². The maximum Gasteiger partial charge on any atom is 0.291 e. The fourth-order valence-electron chi connectivity index (χ4n) is 3.39. The molecule has 0 aliphatic carbocycles. The van der Waals surface area contributed by atoms with Gasteiger partial charge in [-0.3, -0.25) is 9.59 Å². The smallest absolute Gasteiger partial charge is 0.291 e. The van der Waals surface area contributed by atoms with Gasteiger partial charge in [0.15, 0.2) is 0 Å². The summed E-state index contributed by atoms with van der Waals surface area (Å²) in [5.41, 5.74) is 2.50. The van der Waals surface area contributed by atoms with Crippen molar-refractivity contribution in [2.45, 2.75) is 19.8 Å². The molecule has 5 heteroatoms. The summed E-state index contributed by atoms with van der Waals surface area (Å²) in [6.07, 6.45) is 1.99. The highest BCUT2D eigenvalue weighted by Crippen LogP contribution is 2.33. The van der Waals surface area contributed by atoms with Crippen LogP contribution in [0.2, 0.25) is 0 Å². The number of likely N-dealkylation sites (tertiary alicyclic amines) is 1. The van der Waals surface area contributed by atoms with E-state index in [1.807, 2.05) is 43.3 Å². The first kappa shape index (κ1) is 16.4. The van der Waals surface area contributed by atoms with E-state index in [-0.39, 0.29) is 17.6 Å². The van der Waals surface area contributed by atoms with E-state index < -0.39 is 0 Å². The van der Waals surface area contributed by atoms with Crippen LogP contribution >= 0.6 is 0 Å². The number of hydrogen-bond donors (Lipinski definition) is 1. The molecule has 3 aromatic rings. The summed E-state index contributed by atoms with van der Waals surface area (Å²) in [6.45, 7) is 3.33. The predicted octanol–water partition coefficient (Wildman–Crippen LogP) is 4.23. The van der Waals surface area contributed by atoms with E-state index >= 15 is 0 Å². The molecule has 1 aliphatic heterocycles. The minimum atomic E-state index is -0.245. The van der Waals surface area contributed by atoms with Crippen LogP contribution in [0.3, 0.4) is 0 Å². The zero-order chi connectivity index (χ0) is 18.1. The number of benzene rings is 2. The molecule has 132 valence electrons. The van der Waals surface area contributed by atoms with E-state index in [2.05, 4.69) is 5.32 Å². The molecule has 2 aromatic carbocycles. The van der Waals surface area contributed by atoms with Crippen LogP contribution in [0.15, 0.2) is 52.9 Å². The summed E-state index contributed by atoms with van der Waals surface area (Å²) < 4.78 is 5.83. The summed E-state index contributed by atoms with van der Waals surface area (Å²) in [6, 6.07) is 14.8. The molecule has 0 spiro atoms. The lowest BCUT2D eigenvalue weighted by molar-refractivity contribution is 0.0765. The number of furan rings is 1. The van der Waals surface area contributed by atoms with Crippen molar-refractivity contribution >= 4 is 28.5 Å². The molecular weight excluding hydrogens is 328 g/mol. The first-order chi connectivity index (χ1) is 12.6. The lowest BCUT2D eigenvalue weighted by atomic mass is 10.1. The summed E-state index contributed by atoms with van der Waals surface area (Å²) in [4.78, 5) is 27.5. The summed E-state index contributed by atoms with van der Waals surface area (Å²) in [7, 11) is 0. The highest BCUT2D eigenvalue weighted by atomic mass is 16.3. The number of nitrogens with one attached hydrogen (secondary N) is 1. The highest BCUT2D eigenvalue weighted by Gasteiger charge is 2.28. The quantitative estimate of drug-likeness (QED) is 0.770. The highest BCUT2D eigenvalue weighted by molar-refractivity contribution is 6.14. The molecule has 0 unspecified atom stereocenters. The Balaban J connectivity index is 1.75. The van der Waals surface area contributed by atoms with E-state index in [1.54, 1.807) is 17.0 Å². The normalized spacial score (nSPS) is 14.0. The van der Waals surface area contributed by atoms with Gasteiger partial charge in [-0.05, 0) is 43.5 Å². The third-order valence-corrected chi connectivity index (χ3v) is 4.81. The Bertz CT molecular complexity index is 984. The molecule has 1 fully saturated rings. The van der Waals surface area contributed by atoms with Crippen molar-refractivity contribution in [3.05, 3.63) is 65.4 Å². The average molecular weight is 348 g/mol. The minimum Gasteiger partial charge on any atom is -0.449 e. The number of para-hydroxylation sites is 1. The van der Waals surface area contributed by atoms with Gasteiger partial charge in [-0.15, -0.1) is 0 Å². The fourth-order valence-corrected chi connectivity index (χ4v) is 3.39. The zero-order valence-electron chi connectivity index (χ0n) is 14.6. The molecule has 1 N–H and O–H groups in total. The fraction of sp³-hybridized carbons (Fsp3) is 0.238. The van der Waals surface area contributed by atoms with E-state index in [9.17, 15) is 9.59 Å². The molecule has 2 amide bonds. The van der Waals surface area contributed by atoms with Crippen LogP contribution in [-0.4, -0.2) is 29.8 Å². The van der Waals surface area contributed by atoms with Gasteiger partial charge in [-0.25, -0.2) is 0 Å². The van der Waals surface area contributed by atoms with Crippen molar-refractivity contribution in [1.29, 1.82) is 0 Å². The molecule has 0 atom stereocenters. The number of fused-ring (bicyclic) bond motifs is 1. The van der Waals surface area contributed by atoms with Crippen LogP contribution in [0.5, 0.6) is 0 Å². The zero-order valence-corrected chi connectivity index (χ0v) is 14.6. The Morgan fingerprint density at radius 2 is 1.69 bits per heavy atom.